The highest BCUT2D eigenvalue weighted by Crippen LogP contribution is 2.22. The molecule has 27 heavy (non-hydrogen) atoms. The normalized spacial score (nSPS) is 11.9. The van der Waals surface area contributed by atoms with Crippen LogP contribution in [-0.2, 0) is 4.79 Å². The van der Waals surface area contributed by atoms with E-state index in [0.717, 1.165) is 5.56 Å². The van der Waals surface area contributed by atoms with Crippen LogP contribution in [0.5, 0.6) is 0 Å². The summed E-state index contributed by atoms with van der Waals surface area (Å²) in [5, 5.41) is 7.67. The van der Waals surface area contributed by atoms with Crippen LogP contribution in [-0.4, -0.2) is 17.5 Å². The summed E-state index contributed by atoms with van der Waals surface area (Å²) in [7, 11) is 0. The molecule has 2 rings (SSSR count). The number of carbonyl (C=O) groups is 2. The summed E-state index contributed by atoms with van der Waals surface area (Å²) in [5.41, 5.74) is 4.38. The first kappa shape index (κ1) is 20.9. The largest absolute Gasteiger partial charge is 0.326 e. The molecule has 0 fully saturated rings. The second-order valence-electron chi connectivity index (χ2n) is 7.05. The molecule has 0 aliphatic rings. The zero-order valence-electron chi connectivity index (χ0n) is 15.6. The van der Waals surface area contributed by atoms with E-state index in [9.17, 15) is 9.59 Å². The summed E-state index contributed by atoms with van der Waals surface area (Å²) in [4.78, 5) is 24.3. The van der Waals surface area contributed by atoms with Crippen molar-refractivity contribution in [3.8, 4) is 0 Å². The van der Waals surface area contributed by atoms with E-state index >= 15 is 0 Å². The second-order valence-corrected chi connectivity index (χ2v) is 7.87. The van der Waals surface area contributed by atoms with Gasteiger partial charge < -0.3 is 5.32 Å². The van der Waals surface area contributed by atoms with Gasteiger partial charge in [-0.05, 0) is 42.8 Å². The molecule has 2 amide bonds. The van der Waals surface area contributed by atoms with Gasteiger partial charge >= 0.3 is 0 Å². The lowest BCUT2D eigenvalue weighted by molar-refractivity contribution is -0.123. The molecule has 0 bridgehead atoms. The molecule has 0 saturated heterocycles. The zero-order chi connectivity index (χ0) is 20.2. The van der Waals surface area contributed by atoms with E-state index in [0.29, 0.717) is 27.0 Å². The Labute approximate surface area is 168 Å². The van der Waals surface area contributed by atoms with Crippen molar-refractivity contribution in [1.82, 2.24) is 5.43 Å². The molecular weight excluding hydrogens is 385 g/mol. The molecule has 7 heteroatoms. The lowest BCUT2D eigenvalue weighted by Gasteiger charge is -2.18. The maximum atomic E-state index is 12.2. The Hall–Kier alpha value is -2.37. The summed E-state index contributed by atoms with van der Waals surface area (Å²) < 4.78 is 0. The summed E-state index contributed by atoms with van der Waals surface area (Å²) >= 11 is 11.8. The predicted octanol–water partition coefficient (Wildman–Crippen LogP) is 5.13. The molecule has 0 spiro atoms. The third kappa shape index (κ3) is 5.81. The van der Waals surface area contributed by atoms with Crippen LogP contribution in [0.4, 0.5) is 5.69 Å². The molecule has 0 saturated carbocycles. The Bertz CT molecular complexity index is 902. The first-order valence-electron chi connectivity index (χ1n) is 8.29. The lowest BCUT2D eigenvalue weighted by atomic mass is 9.95. The van der Waals surface area contributed by atoms with E-state index in [4.69, 9.17) is 23.2 Å². The third-order valence-electron chi connectivity index (χ3n) is 3.73. The third-order valence-corrected chi connectivity index (χ3v) is 4.47. The minimum absolute atomic E-state index is 0.0813. The van der Waals surface area contributed by atoms with Crippen molar-refractivity contribution in [3.05, 3.63) is 63.6 Å². The molecule has 5 nitrogen and oxygen atoms in total. The minimum Gasteiger partial charge on any atom is -0.326 e. The van der Waals surface area contributed by atoms with Crippen molar-refractivity contribution >= 4 is 46.4 Å². The fraction of sp³-hybridized carbons (Fsp3) is 0.250. The highest BCUT2D eigenvalue weighted by atomic mass is 35.5. The van der Waals surface area contributed by atoms with Crippen LogP contribution in [0, 0.1) is 5.41 Å². The first-order valence-corrected chi connectivity index (χ1v) is 9.05. The minimum atomic E-state index is -0.493. The molecule has 2 aromatic carbocycles. The Morgan fingerprint density at radius 1 is 0.963 bits per heavy atom. The number of hydrazone groups is 1. The Morgan fingerprint density at radius 2 is 1.67 bits per heavy atom. The fourth-order valence-corrected chi connectivity index (χ4v) is 2.34. The molecule has 2 aromatic rings. The van der Waals surface area contributed by atoms with Gasteiger partial charge in [0.25, 0.3) is 5.91 Å². The van der Waals surface area contributed by atoms with E-state index in [1.165, 1.54) is 6.07 Å². The van der Waals surface area contributed by atoms with Crippen LogP contribution in [0.1, 0.15) is 43.6 Å². The van der Waals surface area contributed by atoms with Crippen LogP contribution in [0.2, 0.25) is 10.0 Å². The average molecular weight is 406 g/mol. The van der Waals surface area contributed by atoms with Gasteiger partial charge in [0.1, 0.15) is 0 Å². The highest BCUT2D eigenvalue weighted by molar-refractivity contribution is 6.42. The Kier molecular flexibility index (Phi) is 6.63. The van der Waals surface area contributed by atoms with Gasteiger partial charge in [0.2, 0.25) is 5.91 Å². The number of anilines is 1. The number of nitrogens with zero attached hydrogens (tertiary/aromatic N) is 1. The number of hydrogen-bond donors (Lipinski definition) is 2. The van der Waals surface area contributed by atoms with E-state index < -0.39 is 11.3 Å². The van der Waals surface area contributed by atoms with Crippen molar-refractivity contribution < 1.29 is 9.59 Å². The van der Waals surface area contributed by atoms with Gasteiger partial charge in [0.15, 0.2) is 0 Å². The van der Waals surface area contributed by atoms with Crippen LogP contribution in [0.3, 0.4) is 0 Å². The van der Waals surface area contributed by atoms with Crippen molar-refractivity contribution in [2.45, 2.75) is 27.7 Å². The van der Waals surface area contributed by atoms with Crippen molar-refractivity contribution in [1.29, 1.82) is 0 Å². The Balaban J connectivity index is 2.11. The van der Waals surface area contributed by atoms with Gasteiger partial charge in [-0.15, -0.1) is 0 Å². The smallest absolute Gasteiger partial charge is 0.271 e. The van der Waals surface area contributed by atoms with Gasteiger partial charge in [0, 0.05) is 16.7 Å². The quantitative estimate of drug-likeness (QED) is 0.546. The Morgan fingerprint density at radius 3 is 2.30 bits per heavy atom. The zero-order valence-corrected chi connectivity index (χ0v) is 17.1. The van der Waals surface area contributed by atoms with Gasteiger partial charge in [-0.3, -0.25) is 9.59 Å². The van der Waals surface area contributed by atoms with Gasteiger partial charge in [0.05, 0.1) is 15.8 Å². The average Bonchev–Trinajstić information content (AvgIpc) is 2.61. The van der Waals surface area contributed by atoms with Crippen molar-refractivity contribution in [2.24, 2.45) is 10.5 Å². The molecular formula is C20H21Cl2N3O2. The predicted molar refractivity (Wildman–Crippen MR) is 111 cm³/mol. The van der Waals surface area contributed by atoms with E-state index in [1.807, 2.05) is 32.9 Å². The number of halogens is 2. The summed E-state index contributed by atoms with van der Waals surface area (Å²) in [5.74, 6) is -0.479. The number of rotatable bonds is 4. The van der Waals surface area contributed by atoms with Crippen LogP contribution in [0.15, 0.2) is 47.6 Å². The first-order chi connectivity index (χ1) is 12.6. The number of nitrogens with one attached hydrogen (secondary N) is 2. The molecule has 0 aliphatic carbocycles. The van der Waals surface area contributed by atoms with E-state index in [1.54, 1.807) is 31.2 Å². The topological polar surface area (TPSA) is 70.6 Å². The molecule has 2 N–H and O–H groups in total. The number of carbonyl (C=O) groups excluding carboxylic acids is 2. The van der Waals surface area contributed by atoms with Gasteiger partial charge in [-0.1, -0.05) is 56.1 Å². The number of hydrogen-bond acceptors (Lipinski definition) is 3. The lowest BCUT2D eigenvalue weighted by Crippen LogP contribution is -2.27. The summed E-state index contributed by atoms with van der Waals surface area (Å²) in [6, 6.07) is 11.9. The highest BCUT2D eigenvalue weighted by Gasteiger charge is 2.21. The molecule has 0 aromatic heterocycles. The van der Waals surface area contributed by atoms with E-state index in [-0.39, 0.29) is 5.91 Å². The number of amides is 2. The van der Waals surface area contributed by atoms with Gasteiger partial charge in [-0.2, -0.15) is 5.10 Å². The molecule has 0 radical (unpaired) electrons. The van der Waals surface area contributed by atoms with Crippen molar-refractivity contribution in [3.63, 3.8) is 0 Å². The van der Waals surface area contributed by atoms with Gasteiger partial charge in [-0.25, -0.2) is 5.43 Å². The van der Waals surface area contributed by atoms with Crippen LogP contribution in [0.25, 0.3) is 0 Å². The van der Waals surface area contributed by atoms with Crippen LogP contribution < -0.4 is 10.7 Å². The molecule has 0 aliphatic heterocycles. The number of benzene rings is 2. The maximum Gasteiger partial charge on any atom is 0.271 e. The second kappa shape index (κ2) is 8.55. The molecule has 142 valence electrons. The van der Waals surface area contributed by atoms with Crippen LogP contribution >= 0.6 is 23.2 Å². The monoisotopic (exact) mass is 405 g/mol. The molecule has 0 unspecified atom stereocenters. The maximum absolute atomic E-state index is 12.2. The fourth-order valence-electron chi connectivity index (χ4n) is 2.04. The van der Waals surface area contributed by atoms with Crippen molar-refractivity contribution in [2.75, 3.05) is 5.32 Å². The molecule has 0 heterocycles. The SMILES string of the molecule is C/C(=N\NC(=O)c1ccc(Cl)c(Cl)c1)c1cccc(NC(=O)C(C)(C)C)c1. The standard InChI is InChI=1S/C20H21Cl2N3O2/c1-12(24-25-18(26)14-8-9-16(21)17(22)11-14)13-6-5-7-15(10-13)23-19(27)20(2,3)4/h5-11H,1-4H3,(H,23,27)(H,25,26)/b24-12+. The summed E-state index contributed by atoms with van der Waals surface area (Å²) in [6.45, 7) is 7.30. The molecule has 0 atom stereocenters. The van der Waals surface area contributed by atoms with E-state index in [2.05, 4.69) is 15.8 Å². The summed E-state index contributed by atoms with van der Waals surface area (Å²) in [6.07, 6.45) is 0.